The second-order valence-corrected chi connectivity index (χ2v) is 5.55. The average molecular weight is 256 g/mol. The molecule has 5 nitrogen and oxygen atoms in total. The SMILES string of the molecule is CC1CN(C(=O)CN2CCC(C(C)O)C2)CCO1. The summed E-state index contributed by atoms with van der Waals surface area (Å²) in [6, 6.07) is 0. The Kier molecular flexibility index (Phi) is 4.59. The van der Waals surface area contributed by atoms with Gasteiger partial charge in [0.05, 0.1) is 25.4 Å². The molecule has 0 saturated carbocycles. The van der Waals surface area contributed by atoms with Crippen molar-refractivity contribution in [2.24, 2.45) is 5.92 Å². The number of rotatable bonds is 3. The van der Waals surface area contributed by atoms with Crippen molar-refractivity contribution in [3.05, 3.63) is 0 Å². The number of aliphatic hydroxyl groups excluding tert-OH is 1. The largest absolute Gasteiger partial charge is 0.393 e. The molecule has 3 atom stereocenters. The monoisotopic (exact) mass is 256 g/mol. The van der Waals surface area contributed by atoms with E-state index in [9.17, 15) is 9.90 Å². The van der Waals surface area contributed by atoms with Gasteiger partial charge in [-0.1, -0.05) is 0 Å². The third kappa shape index (κ3) is 3.43. The molecule has 0 aromatic heterocycles. The van der Waals surface area contributed by atoms with Crippen molar-refractivity contribution in [2.75, 3.05) is 39.3 Å². The van der Waals surface area contributed by atoms with E-state index >= 15 is 0 Å². The van der Waals surface area contributed by atoms with Crippen LogP contribution in [0.1, 0.15) is 20.3 Å². The molecule has 2 heterocycles. The Labute approximate surface area is 109 Å². The van der Waals surface area contributed by atoms with E-state index in [1.807, 2.05) is 18.7 Å². The highest BCUT2D eigenvalue weighted by Gasteiger charge is 2.29. The fraction of sp³-hybridized carbons (Fsp3) is 0.923. The molecule has 1 N–H and O–H groups in total. The maximum absolute atomic E-state index is 12.1. The molecule has 0 radical (unpaired) electrons. The summed E-state index contributed by atoms with van der Waals surface area (Å²) < 4.78 is 5.44. The molecule has 2 aliphatic rings. The zero-order valence-electron chi connectivity index (χ0n) is 11.3. The molecule has 2 rings (SSSR count). The van der Waals surface area contributed by atoms with Crippen molar-refractivity contribution in [3.8, 4) is 0 Å². The lowest BCUT2D eigenvalue weighted by Crippen LogP contribution is -2.48. The van der Waals surface area contributed by atoms with E-state index in [1.54, 1.807) is 0 Å². The number of carbonyl (C=O) groups is 1. The van der Waals surface area contributed by atoms with Crippen LogP contribution < -0.4 is 0 Å². The van der Waals surface area contributed by atoms with E-state index in [0.29, 0.717) is 32.2 Å². The highest BCUT2D eigenvalue weighted by molar-refractivity contribution is 5.78. The topological polar surface area (TPSA) is 53.0 Å². The number of carbonyl (C=O) groups excluding carboxylic acids is 1. The molecule has 0 bridgehead atoms. The molecule has 0 aromatic carbocycles. The number of likely N-dealkylation sites (tertiary alicyclic amines) is 1. The Morgan fingerprint density at radius 2 is 2.22 bits per heavy atom. The van der Waals surface area contributed by atoms with E-state index in [0.717, 1.165) is 19.5 Å². The maximum Gasteiger partial charge on any atom is 0.236 e. The Hall–Kier alpha value is -0.650. The lowest BCUT2D eigenvalue weighted by atomic mass is 10.0. The number of morpholine rings is 1. The second-order valence-electron chi connectivity index (χ2n) is 5.55. The summed E-state index contributed by atoms with van der Waals surface area (Å²) in [4.78, 5) is 16.2. The zero-order chi connectivity index (χ0) is 13.1. The summed E-state index contributed by atoms with van der Waals surface area (Å²) in [7, 11) is 0. The van der Waals surface area contributed by atoms with Gasteiger partial charge in [0.25, 0.3) is 0 Å². The van der Waals surface area contributed by atoms with Gasteiger partial charge in [0.15, 0.2) is 0 Å². The number of hydrogen-bond acceptors (Lipinski definition) is 4. The Bertz CT molecular complexity index is 296. The number of aliphatic hydroxyl groups is 1. The van der Waals surface area contributed by atoms with Crippen LogP contribution in [0.25, 0.3) is 0 Å². The van der Waals surface area contributed by atoms with E-state index in [2.05, 4.69) is 4.90 Å². The molecule has 0 aromatic rings. The van der Waals surface area contributed by atoms with E-state index in [1.165, 1.54) is 0 Å². The first-order valence-electron chi connectivity index (χ1n) is 6.86. The van der Waals surface area contributed by atoms with Crippen LogP contribution in [-0.2, 0) is 9.53 Å². The lowest BCUT2D eigenvalue weighted by molar-refractivity contribution is -0.139. The minimum atomic E-state index is -0.270. The van der Waals surface area contributed by atoms with Gasteiger partial charge in [-0.3, -0.25) is 9.69 Å². The quantitative estimate of drug-likeness (QED) is 0.768. The van der Waals surface area contributed by atoms with E-state index in [4.69, 9.17) is 4.74 Å². The Morgan fingerprint density at radius 3 is 2.83 bits per heavy atom. The van der Waals surface area contributed by atoms with Gasteiger partial charge >= 0.3 is 0 Å². The highest BCUT2D eigenvalue weighted by atomic mass is 16.5. The first-order chi connectivity index (χ1) is 8.56. The minimum Gasteiger partial charge on any atom is -0.393 e. The Morgan fingerprint density at radius 1 is 1.44 bits per heavy atom. The van der Waals surface area contributed by atoms with Crippen LogP contribution in [0.3, 0.4) is 0 Å². The van der Waals surface area contributed by atoms with E-state index < -0.39 is 0 Å². The first kappa shape index (κ1) is 13.8. The fourth-order valence-electron chi connectivity index (χ4n) is 2.74. The molecule has 0 spiro atoms. The third-order valence-corrected chi connectivity index (χ3v) is 3.94. The summed E-state index contributed by atoms with van der Waals surface area (Å²) in [5.74, 6) is 0.512. The van der Waals surface area contributed by atoms with Gasteiger partial charge < -0.3 is 14.7 Å². The van der Waals surface area contributed by atoms with Crippen molar-refractivity contribution < 1.29 is 14.6 Å². The molecule has 104 valence electrons. The summed E-state index contributed by atoms with van der Waals surface area (Å²) >= 11 is 0. The number of nitrogens with zero attached hydrogens (tertiary/aromatic N) is 2. The number of ether oxygens (including phenoxy) is 1. The molecule has 18 heavy (non-hydrogen) atoms. The second kappa shape index (κ2) is 5.99. The molecule has 3 unspecified atom stereocenters. The van der Waals surface area contributed by atoms with E-state index in [-0.39, 0.29) is 18.1 Å². The van der Waals surface area contributed by atoms with Crippen molar-refractivity contribution in [3.63, 3.8) is 0 Å². The first-order valence-corrected chi connectivity index (χ1v) is 6.86. The van der Waals surface area contributed by atoms with Crippen molar-refractivity contribution in [2.45, 2.75) is 32.5 Å². The number of hydrogen-bond donors (Lipinski definition) is 1. The summed E-state index contributed by atoms with van der Waals surface area (Å²) in [5.41, 5.74) is 0. The van der Waals surface area contributed by atoms with Crippen LogP contribution in [0.4, 0.5) is 0 Å². The van der Waals surface area contributed by atoms with Gasteiger partial charge in [-0.2, -0.15) is 0 Å². The van der Waals surface area contributed by atoms with Crippen LogP contribution in [0.15, 0.2) is 0 Å². The molecule has 0 aliphatic carbocycles. The molecule has 2 saturated heterocycles. The molecule has 2 fully saturated rings. The average Bonchev–Trinajstić information content (AvgIpc) is 2.77. The van der Waals surface area contributed by atoms with Gasteiger partial charge in [-0.25, -0.2) is 0 Å². The third-order valence-electron chi connectivity index (χ3n) is 3.94. The molecular weight excluding hydrogens is 232 g/mol. The van der Waals surface area contributed by atoms with Gasteiger partial charge in [0.1, 0.15) is 0 Å². The predicted molar refractivity (Wildman–Crippen MR) is 68.2 cm³/mol. The van der Waals surface area contributed by atoms with Crippen LogP contribution in [-0.4, -0.2) is 72.4 Å². The van der Waals surface area contributed by atoms with Crippen LogP contribution >= 0.6 is 0 Å². The van der Waals surface area contributed by atoms with Gasteiger partial charge in [0, 0.05) is 19.6 Å². The summed E-state index contributed by atoms with van der Waals surface area (Å²) in [6.07, 6.45) is 0.866. The molecule has 2 aliphatic heterocycles. The predicted octanol–water partition coefficient (Wildman–Crippen LogP) is -0.0636. The standard InChI is InChI=1S/C13H24N2O3/c1-10-7-15(5-6-18-10)13(17)9-14-4-3-12(8-14)11(2)16/h10-12,16H,3-9H2,1-2H3. The summed E-state index contributed by atoms with van der Waals surface area (Å²) in [6.45, 7) is 8.12. The van der Waals surface area contributed by atoms with Gasteiger partial charge in [0.2, 0.25) is 5.91 Å². The maximum atomic E-state index is 12.1. The van der Waals surface area contributed by atoms with Gasteiger partial charge in [-0.05, 0) is 32.7 Å². The normalized spacial score (nSPS) is 31.6. The van der Waals surface area contributed by atoms with Crippen LogP contribution in [0, 0.1) is 5.92 Å². The lowest BCUT2D eigenvalue weighted by Gasteiger charge is -2.32. The smallest absolute Gasteiger partial charge is 0.236 e. The molecule has 1 amide bonds. The summed E-state index contributed by atoms with van der Waals surface area (Å²) in [5, 5.41) is 9.55. The van der Waals surface area contributed by atoms with Crippen molar-refractivity contribution in [1.29, 1.82) is 0 Å². The van der Waals surface area contributed by atoms with Crippen molar-refractivity contribution >= 4 is 5.91 Å². The van der Waals surface area contributed by atoms with Gasteiger partial charge in [-0.15, -0.1) is 0 Å². The molecule has 5 heteroatoms. The molecular formula is C13H24N2O3. The minimum absolute atomic E-state index is 0.145. The van der Waals surface area contributed by atoms with Crippen LogP contribution in [0.5, 0.6) is 0 Å². The highest BCUT2D eigenvalue weighted by Crippen LogP contribution is 2.19. The zero-order valence-corrected chi connectivity index (χ0v) is 11.3. The number of amides is 1. The fourth-order valence-corrected chi connectivity index (χ4v) is 2.74. The van der Waals surface area contributed by atoms with Crippen molar-refractivity contribution in [1.82, 2.24) is 9.80 Å². The van der Waals surface area contributed by atoms with Crippen LogP contribution in [0.2, 0.25) is 0 Å². The Balaban J connectivity index is 1.78.